The third-order valence-corrected chi connectivity index (χ3v) is 6.43. The summed E-state index contributed by atoms with van der Waals surface area (Å²) in [6, 6.07) is 15.7. The number of hydrogen-bond acceptors (Lipinski definition) is 4. The van der Waals surface area contributed by atoms with Gasteiger partial charge >= 0.3 is 0 Å². The molecule has 5 nitrogen and oxygen atoms in total. The fraction of sp³-hybridized carbons (Fsp3) is 0.240. The van der Waals surface area contributed by atoms with E-state index >= 15 is 0 Å². The topological polar surface area (TPSA) is 73.2 Å². The smallest absolute Gasteiger partial charge is 0.264 e. The largest absolute Gasteiger partial charge is 0.348 e. The fourth-order valence-corrected chi connectivity index (χ4v) is 4.70. The molecule has 31 heavy (non-hydrogen) atoms. The lowest BCUT2D eigenvalue weighted by molar-refractivity contribution is -0.117. The van der Waals surface area contributed by atoms with Gasteiger partial charge in [0.1, 0.15) is 16.7 Å². The molecular formula is C25H25N3O2S. The Hall–Kier alpha value is -3.30. The van der Waals surface area contributed by atoms with E-state index in [1.807, 2.05) is 63.2 Å². The third kappa shape index (κ3) is 4.89. The summed E-state index contributed by atoms with van der Waals surface area (Å²) in [6.45, 7) is 9.82. The van der Waals surface area contributed by atoms with Crippen molar-refractivity contribution in [1.82, 2.24) is 5.32 Å². The minimum atomic E-state index is -0.511. The molecule has 1 unspecified atom stereocenters. The molecule has 0 bridgehead atoms. The van der Waals surface area contributed by atoms with Crippen molar-refractivity contribution in [3.05, 3.63) is 88.0 Å². The average molecular weight is 432 g/mol. The zero-order chi connectivity index (χ0) is 22.5. The summed E-state index contributed by atoms with van der Waals surface area (Å²) in [5.74, 6) is -0.642. The van der Waals surface area contributed by atoms with Crippen molar-refractivity contribution in [2.24, 2.45) is 0 Å². The molecule has 0 radical (unpaired) electrons. The standard InChI is InChI=1S/C25H25N3O2S/c1-5-11-27-23(29)21(15-26)25-28(20-10-9-17(3)18(4)13-20)24(30)22(31-25)14-19-8-6-7-16(2)12-19/h5-10,12-13,22H,1,11,14H2,2-4H3,(H,27,29)/b25-21-. The molecule has 0 aromatic heterocycles. The van der Waals surface area contributed by atoms with E-state index in [2.05, 4.69) is 18.0 Å². The van der Waals surface area contributed by atoms with Crippen molar-refractivity contribution in [3.63, 3.8) is 0 Å². The number of rotatable bonds is 6. The number of nitrogens with zero attached hydrogens (tertiary/aromatic N) is 2. The van der Waals surface area contributed by atoms with Gasteiger partial charge < -0.3 is 5.32 Å². The van der Waals surface area contributed by atoms with Crippen LogP contribution in [-0.2, 0) is 16.0 Å². The van der Waals surface area contributed by atoms with Crippen molar-refractivity contribution >= 4 is 29.3 Å². The minimum Gasteiger partial charge on any atom is -0.348 e. The van der Waals surface area contributed by atoms with Gasteiger partial charge in [-0.05, 0) is 56.0 Å². The number of thioether (sulfide) groups is 1. The van der Waals surface area contributed by atoms with Gasteiger partial charge in [0.2, 0.25) is 5.91 Å². The Kier molecular flexibility index (Phi) is 6.98. The highest BCUT2D eigenvalue weighted by atomic mass is 32.2. The van der Waals surface area contributed by atoms with Gasteiger partial charge in [0, 0.05) is 12.2 Å². The summed E-state index contributed by atoms with van der Waals surface area (Å²) in [4.78, 5) is 27.6. The lowest BCUT2D eigenvalue weighted by Gasteiger charge is -2.19. The van der Waals surface area contributed by atoms with Crippen LogP contribution in [0.5, 0.6) is 0 Å². The normalized spacial score (nSPS) is 17.3. The number of aryl methyl sites for hydroxylation is 3. The quantitative estimate of drug-likeness (QED) is 0.419. The van der Waals surface area contributed by atoms with E-state index in [0.29, 0.717) is 17.1 Å². The van der Waals surface area contributed by atoms with E-state index in [1.54, 1.807) is 6.08 Å². The van der Waals surface area contributed by atoms with Crippen LogP contribution >= 0.6 is 11.8 Å². The molecule has 1 atom stereocenters. The zero-order valence-corrected chi connectivity index (χ0v) is 18.8. The van der Waals surface area contributed by atoms with Crippen molar-refractivity contribution in [2.45, 2.75) is 32.4 Å². The fourth-order valence-electron chi connectivity index (χ4n) is 3.39. The van der Waals surface area contributed by atoms with Crippen LogP contribution in [0, 0.1) is 32.1 Å². The molecule has 1 heterocycles. The first-order valence-electron chi connectivity index (χ1n) is 10.0. The van der Waals surface area contributed by atoms with Gasteiger partial charge in [-0.25, -0.2) is 0 Å². The summed E-state index contributed by atoms with van der Waals surface area (Å²) in [7, 11) is 0. The third-order valence-electron chi connectivity index (χ3n) is 5.16. The Balaban J connectivity index is 2.06. The van der Waals surface area contributed by atoms with Crippen LogP contribution in [-0.4, -0.2) is 23.6 Å². The molecule has 1 aliphatic heterocycles. The summed E-state index contributed by atoms with van der Waals surface area (Å²) in [5, 5.41) is 12.4. The monoisotopic (exact) mass is 431 g/mol. The number of benzene rings is 2. The second-order valence-corrected chi connectivity index (χ2v) is 8.72. The molecule has 1 N–H and O–H groups in total. The first-order chi connectivity index (χ1) is 14.8. The van der Waals surface area contributed by atoms with Gasteiger partial charge in [0.15, 0.2) is 0 Å². The van der Waals surface area contributed by atoms with E-state index in [0.717, 1.165) is 22.3 Å². The van der Waals surface area contributed by atoms with E-state index in [-0.39, 0.29) is 18.0 Å². The molecule has 0 spiro atoms. The van der Waals surface area contributed by atoms with Crippen molar-refractivity contribution in [3.8, 4) is 6.07 Å². The molecule has 0 aliphatic carbocycles. The number of nitrogens with one attached hydrogen (secondary N) is 1. The molecule has 0 saturated carbocycles. The summed E-state index contributed by atoms with van der Waals surface area (Å²) in [5.41, 5.74) is 4.90. The summed E-state index contributed by atoms with van der Waals surface area (Å²) >= 11 is 1.27. The lowest BCUT2D eigenvalue weighted by atomic mass is 10.1. The molecule has 1 saturated heterocycles. The number of nitriles is 1. The maximum atomic E-state index is 13.5. The summed E-state index contributed by atoms with van der Waals surface area (Å²) in [6.07, 6.45) is 2.06. The highest BCUT2D eigenvalue weighted by Gasteiger charge is 2.40. The predicted octanol–water partition coefficient (Wildman–Crippen LogP) is 4.34. The second kappa shape index (κ2) is 9.67. The summed E-state index contributed by atoms with van der Waals surface area (Å²) < 4.78 is 0. The van der Waals surface area contributed by atoms with Crippen molar-refractivity contribution in [2.75, 3.05) is 11.4 Å². The molecule has 6 heteroatoms. The molecule has 1 fully saturated rings. The first-order valence-corrected chi connectivity index (χ1v) is 10.9. The van der Waals surface area contributed by atoms with Gasteiger partial charge in [-0.1, -0.05) is 53.7 Å². The van der Waals surface area contributed by atoms with Crippen LogP contribution in [0.2, 0.25) is 0 Å². The maximum absolute atomic E-state index is 13.5. The Morgan fingerprint density at radius 3 is 2.65 bits per heavy atom. The zero-order valence-electron chi connectivity index (χ0n) is 17.9. The molecule has 1 aliphatic rings. The molecule has 3 rings (SSSR count). The molecule has 2 aromatic carbocycles. The van der Waals surface area contributed by atoms with Gasteiger partial charge in [-0.3, -0.25) is 14.5 Å². The Morgan fingerprint density at radius 2 is 2.00 bits per heavy atom. The second-order valence-electron chi connectivity index (χ2n) is 7.53. The van der Waals surface area contributed by atoms with Crippen LogP contribution in [0.3, 0.4) is 0 Å². The van der Waals surface area contributed by atoms with E-state index < -0.39 is 11.2 Å². The van der Waals surface area contributed by atoms with Gasteiger partial charge in [-0.15, -0.1) is 6.58 Å². The lowest BCUT2D eigenvalue weighted by Crippen LogP contribution is -2.32. The number of carbonyl (C=O) groups excluding carboxylic acids is 2. The Labute approximate surface area is 187 Å². The van der Waals surface area contributed by atoms with Crippen LogP contribution in [0.25, 0.3) is 0 Å². The molecule has 2 amide bonds. The van der Waals surface area contributed by atoms with Crippen LogP contribution in [0.4, 0.5) is 5.69 Å². The van der Waals surface area contributed by atoms with Gasteiger partial charge in [0.25, 0.3) is 5.91 Å². The van der Waals surface area contributed by atoms with Crippen molar-refractivity contribution < 1.29 is 9.59 Å². The molecule has 158 valence electrons. The molecule has 2 aromatic rings. The van der Waals surface area contributed by atoms with E-state index in [4.69, 9.17) is 0 Å². The van der Waals surface area contributed by atoms with Gasteiger partial charge in [-0.2, -0.15) is 5.26 Å². The number of hydrogen-bond donors (Lipinski definition) is 1. The maximum Gasteiger partial charge on any atom is 0.264 e. The van der Waals surface area contributed by atoms with Crippen LogP contribution in [0.1, 0.15) is 22.3 Å². The van der Waals surface area contributed by atoms with Crippen molar-refractivity contribution in [1.29, 1.82) is 5.26 Å². The number of anilines is 1. The number of carbonyl (C=O) groups is 2. The average Bonchev–Trinajstić information content (AvgIpc) is 3.05. The SMILES string of the molecule is C=CCNC(=O)/C(C#N)=C1\SC(Cc2cccc(C)c2)C(=O)N1c1ccc(C)c(C)c1. The minimum absolute atomic E-state index is 0.0647. The van der Waals surface area contributed by atoms with E-state index in [1.165, 1.54) is 16.7 Å². The van der Waals surface area contributed by atoms with E-state index in [9.17, 15) is 14.9 Å². The Bertz CT molecular complexity index is 1110. The van der Waals surface area contributed by atoms with Crippen LogP contribution in [0.15, 0.2) is 65.7 Å². The predicted molar refractivity (Wildman–Crippen MR) is 126 cm³/mol. The highest BCUT2D eigenvalue weighted by molar-refractivity contribution is 8.05. The number of amides is 2. The van der Waals surface area contributed by atoms with Gasteiger partial charge in [0.05, 0.1) is 5.25 Å². The highest BCUT2D eigenvalue weighted by Crippen LogP contribution is 2.42. The Morgan fingerprint density at radius 1 is 1.23 bits per heavy atom. The van der Waals surface area contributed by atoms with Crippen LogP contribution < -0.4 is 10.2 Å². The molecular weight excluding hydrogens is 406 g/mol. The first kappa shape index (κ1) is 22.4.